The van der Waals surface area contributed by atoms with E-state index in [1.165, 1.54) is 23.5 Å². The number of amides is 1. The number of carbonyl (C=O) groups is 1. The molecule has 0 saturated carbocycles. The van der Waals surface area contributed by atoms with Crippen LogP contribution in [-0.2, 0) is 4.79 Å². The molecule has 1 aliphatic rings. The molecule has 0 unspecified atom stereocenters. The number of carbonyl (C=O) groups excluding carboxylic acids is 1. The lowest BCUT2D eigenvalue weighted by molar-refractivity contribution is -0.384. The van der Waals surface area contributed by atoms with Crippen molar-refractivity contribution in [2.24, 2.45) is 4.99 Å². The Kier molecular flexibility index (Phi) is 8.49. The van der Waals surface area contributed by atoms with Crippen molar-refractivity contribution < 1.29 is 18.9 Å². The molecule has 1 aliphatic heterocycles. The summed E-state index contributed by atoms with van der Waals surface area (Å²) in [6.45, 7) is 6.66. The number of allylic oxidation sites excluding steroid dienone is 1. The van der Waals surface area contributed by atoms with Crippen molar-refractivity contribution >= 4 is 55.7 Å². The zero-order valence-electron chi connectivity index (χ0n) is 25.4. The fraction of sp³-hybridized carbons (Fsp3) is 0.206. The number of ether oxygens (including phenoxy) is 1. The highest BCUT2D eigenvalue weighted by Gasteiger charge is 2.36. The molecular formula is C34H29BrN4O6S. The van der Waals surface area contributed by atoms with Gasteiger partial charge in [0.15, 0.2) is 4.80 Å². The number of nitrogens with zero attached hydrogens (tertiary/aromatic N) is 4. The van der Waals surface area contributed by atoms with E-state index in [-0.39, 0.29) is 17.2 Å². The molecule has 5 aromatic rings. The van der Waals surface area contributed by atoms with Crippen molar-refractivity contribution in [3.05, 3.63) is 124 Å². The van der Waals surface area contributed by atoms with Gasteiger partial charge in [-0.25, -0.2) is 4.99 Å². The third kappa shape index (κ3) is 5.37. The summed E-state index contributed by atoms with van der Waals surface area (Å²) in [4.78, 5) is 46.1. The minimum absolute atomic E-state index is 0.0463. The van der Waals surface area contributed by atoms with Crippen LogP contribution >= 0.6 is 27.3 Å². The molecule has 1 atom stereocenters. The number of furan rings is 1. The van der Waals surface area contributed by atoms with Gasteiger partial charge in [0.25, 0.3) is 17.2 Å². The van der Waals surface area contributed by atoms with Crippen molar-refractivity contribution in [1.29, 1.82) is 0 Å². The molecule has 0 fully saturated rings. The fourth-order valence-corrected chi connectivity index (χ4v) is 7.40. The van der Waals surface area contributed by atoms with E-state index in [1.54, 1.807) is 47.8 Å². The Morgan fingerprint density at radius 1 is 1.15 bits per heavy atom. The maximum absolute atomic E-state index is 14.3. The third-order valence-electron chi connectivity index (χ3n) is 8.06. The highest BCUT2D eigenvalue weighted by Crippen LogP contribution is 2.40. The largest absolute Gasteiger partial charge is 0.496 e. The summed E-state index contributed by atoms with van der Waals surface area (Å²) < 4.78 is 14.4. The van der Waals surface area contributed by atoms with Gasteiger partial charge in [-0.05, 0) is 71.7 Å². The lowest BCUT2D eigenvalue weighted by Gasteiger charge is -2.30. The van der Waals surface area contributed by atoms with Crippen LogP contribution < -0.4 is 19.6 Å². The first-order chi connectivity index (χ1) is 22.2. The van der Waals surface area contributed by atoms with E-state index in [0.29, 0.717) is 66.6 Å². The molecule has 3 heterocycles. The average Bonchev–Trinajstić information content (AvgIpc) is 3.63. The Morgan fingerprint density at radius 2 is 1.91 bits per heavy atom. The van der Waals surface area contributed by atoms with Gasteiger partial charge in [-0.3, -0.25) is 24.3 Å². The van der Waals surface area contributed by atoms with Crippen molar-refractivity contribution in [3.8, 4) is 17.1 Å². The molecule has 1 amide bonds. The molecule has 10 nitrogen and oxygen atoms in total. The number of likely N-dealkylation sites (N-methyl/N-ethyl adjacent to an activating group) is 1. The summed E-state index contributed by atoms with van der Waals surface area (Å²) >= 11 is 4.60. The second-order valence-electron chi connectivity index (χ2n) is 10.6. The van der Waals surface area contributed by atoms with E-state index in [1.807, 2.05) is 50.2 Å². The fourth-order valence-electron chi connectivity index (χ4n) is 5.81. The number of methoxy groups -OCH3 is 1. The zero-order chi connectivity index (χ0) is 32.7. The first kappa shape index (κ1) is 31.2. The molecular weight excluding hydrogens is 672 g/mol. The number of hydrogen-bond donors (Lipinski definition) is 0. The molecule has 0 spiro atoms. The Morgan fingerprint density at radius 3 is 2.61 bits per heavy atom. The number of benzene rings is 3. The number of rotatable bonds is 8. The van der Waals surface area contributed by atoms with E-state index in [9.17, 15) is 19.7 Å². The van der Waals surface area contributed by atoms with Crippen LogP contribution in [0.5, 0.6) is 5.75 Å². The summed E-state index contributed by atoms with van der Waals surface area (Å²) in [6, 6.07) is 18.7. The standard InChI is InChI=1S/C34H29BrN4O6S/c1-5-37(6-2)33(41)29-19(3)36-34-38(31(29)30-23-10-8-7-9-20(23)11-15-27(30)44-4)32(40)28(46-34)18-22-13-16-26(45-22)24-14-12-21(39(42)43)17-25(24)35/h7-18,31H,5-6H2,1-4H3/b28-18+/t31-/m0/s1. The van der Waals surface area contributed by atoms with Gasteiger partial charge < -0.3 is 14.1 Å². The van der Waals surface area contributed by atoms with E-state index < -0.39 is 11.0 Å². The molecule has 6 rings (SSSR count). The maximum atomic E-state index is 14.3. The lowest BCUT2D eigenvalue weighted by Crippen LogP contribution is -2.43. The molecule has 0 bridgehead atoms. The van der Waals surface area contributed by atoms with Crippen LogP contribution in [0.25, 0.3) is 28.2 Å². The van der Waals surface area contributed by atoms with Crippen LogP contribution in [0, 0.1) is 10.1 Å². The van der Waals surface area contributed by atoms with Crippen LogP contribution in [0.1, 0.15) is 38.1 Å². The van der Waals surface area contributed by atoms with E-state index in [0.717, 1.165) is 10.8 Å². The van der Waals surface area contributed by atoms with Gasteiger partial charge in [-0.2, -0.15) is 0 Å². The molecule has 0 saturated heterocycles. The number of aromatic nitrogens is 1. The van der Waals surface area contributed by atoms with E-state index >= 15 is 0 Å². The maximum Gasteiger partial charge on any atom is 0.271 e. The minimum atomic E-state index is -0.796. The van der Waals surface area contributed by atoms with Crippen LogP contribution in [0.2, 0.25) is 0 Å². The molecule has 46 heavy (non-hydrogen) atoms. The van der Waals surface area contributed by atoms with Gasteiger partial charge in [-0.15, -0.1) is 0 Å². The topological polar surface area (TPSA) is 120 Å². The molecule has 12 heteroatoms. The summed E-state index contributed by atoms with van der Waals surface area (Å²) in [5.41, 5.74) is 1.92. The van der Waals surface area contributed by atoms with Gasteiger partial charge in [0.1, 0.15) is 23.3 Å². The minimum Gasteiger partial charge on any atom is -0.496 e. The van der Waals surface area contributed by atoms with Crippen molar-refractivity contribution in [2.45, 2.75) is 26.8 Å². The summed E-state index contributed by atoms with van der Waals surface area (Å²) in [5, 5.41) is 13.0. The lowest BCUT2D eigenvalue weighted by atomic mass is 9.90. The SMILES string of the molecule is CCN(CC)C(=O)C1=C(C)N=c2s/c(=C/c3ccc(-c4ccc([N+](=O)[O-])cc4Br)o3)c(=O)n2[C@@H]1c1c(OC)ccc2ccccc12. The van der Waals surface area contributed by atoms with Gasteiger partial charge in [0.05, 0.1) is 27.8 Å². The number of halogens is 1. The van der Waals surface area contributed by atoms with Crippen LogP contribution in [0.3, 0.4) is 0 Å². The number of fused-ring (bicyclic) bond motifs is 2. The first-order valence-corrected chi connectivity index (χ1v) is 16.2. The second-order valence-corrected chi connectivity index (χ2v) is 12.4. The molecule has 234 valence electrons. The Hall–Kier alpha value is -4.81. The molecule has 2 aromatic heterocycles. The monoisotopic (exact) mass is 700 g/mol. The van der Waals surface area contributed by atoms with Gasteiger partial charge >= 0.3 is 0 Å². The number of hydrogen-bond acceptors (Lipinski definition) is 8. The molecule has 3 aromatic carbocycles. The zero-order valence-corrected chi connectivity index (χ0v) is 27.8. The smallest absolute Gasteiger partial charge is 0.271 e. The molecule has 0 aliphatic carbocycles. The number of nitro benzene ring substituents is 1. The quantitative estimate of drug-likeness (QED) is 0.141. The van der Waals surface area contributed by atoms with Crippen LogP contribution in [-0.4, -0.2) is 40.5 Å². The van der Waals surface area contributed by atoms with Gasteiger partial charge in [0, 0.05) is 46.9 Å². The van der Waals surface area contributed by atoms with Gasteiger partial charge in [0.2, 0.25) is 0 Å². The summed E-state index contributed by atoms with van der Waals surface area (Å²) in [7, 11) is 1.58. The molecule has 0 radical (unpaired) electrons. The Labute approximate surface area is 275 Å². The number of non-ortho nitro benzene ring substituents is 1. The number of nitro groups is 1. The summed E-state index contributed by atoms with van der Waals surface area (Å²) in [5.74, 6) is 1.26. The first-order valence-electron chi connectivity index (χ1n) is 14.6. The predicted molar refractivity (Wildman–Crippen MR) is 181 cm³/mol. The summed E-state index contributed by atoms with van der Waals surface area (Å²) in [6.07, 6.45) is 1.65. The highest BCUT2D eigenvalue weighted by atomic mass is 79.9. The molecule has 0 N–H and O–H groups in total. The van der Waals surface area contributed by atoms with Crippen LogP contribution in [0.15, 0.2) is 96.7 Å². The van der Waals surface area contributed by atoms with Crippen molar-refractivity contribution in [2.75, 3.05) is 20.2 Å². The third-order valence-corrected chi connectivity index (χ3v) is 9.69. The van der Waals surface area contributed by atoms with Gasteiger partial charge in [-0.1, -0.05) is 41.7 Å². The Bertz CT molecular complexity index is 2250. The normalized spacial score (nSPS) is 14.7. The van der Waals surface area contributed by atoms with Crippen molar-refractivity contribution in [1.82, 2.24) is 9.47 Å². The predicted octanol–water partition coefficient (Wildman–Crippen LogP) is 6.20. The van der Waals surface area contributed by atoms with Crippen molar-refractivity contribution in [3.63, 3.8) is 0 Å². The number of thiazole rings is 1. The van der Waals surface area contributed by atoms with Crippen LogP contribution in [0.4, 0.5) is 5.69 Å². The Balaban J connectivity index is 1.55. The average molecular weight is 702 g/mol. The van der Waals surface area contributed by atoms with E-state index in [4.69, 9.17) is 14.1 Å². The van der Waals surface area contributed by atoms with E-state index in [2.05, 4.69) is 15.9 Å². The second kappa shape index (κ2) is 12.5. The highest BCUT2D eigenvalue weighted by molar-refractivity contribution is 9.10.